The Hall–Kier alpha value is -3.22. The van der Waals surface area contributed by atoms with Gasteiger partial charge >= 0.3 is 0 Å². The molecule has 3 aliphatic heterocycles. The smallest absolute Gasteiger partial charge is 0.234 e. The fourth-order valence-corrected chi connectivity index (χ4v) is 8.16. The number of hydrogen-bond acceptors (Lipinski definition) is 5. The molecule has 2 aromatic carbocycles. The highest BCUT2D eigenvalue weighted by Crippen LogP contribution is 2.51. The number of piperidine rings is 1. The summed E-state index contributed by atoms with van der Waals surface area (Å²) in [6.07, 6.45) is 7.25. The van der Waals surface area contributed by atoms with Crippen LogP contribution >= 0.6 is 0 Å². The number of aryl methyl sites for hydroxylation is 2. The zero-order valence-corrected chi connectivity index (χ0v) is 26.1. The van der Waals surface area contributed by atoms with Gasteiger partial charge in [-0.2, -0.15) is 0 Å². The highest BCUT2D eigenvalue weighted by molar-refractivity contribution is 6.06. The quantitative estimate of drug-likeness (QED) is 0.281. The number of phenolic OH excluding ortho intramolecular Hbond substituents is 1. The van der Waals surface area contributed by atoms with Gasteiger partial charge in [0.15, 0.2) is 0 Å². The number of rotatable bonds is 8. The second-order valence-electron chi connectivity index (χ2n) is 13.2. The van der Waals surface area contributed by atoms with E-state index in [-0.39, 0.29) is 41.7 Å². The van der Waals surface area contributed by atoms with Gasteiger partial charge in [0.25, 0.3) is 0 Å². The molecule has 4 aliphatic rings. The van der Waals surface area contributed by atoms with Gasteiger partial charge in [-0.05, 0) is 99.3 Å². The zero-order valence-electron chi connectivity index (χ0n) is 26.1. The van der Waals surface area contributed by atoms with Crippen molar-refractivity contribution in [3.63, 3.8) is 0 Å². The number of carbonyl (C=O) groups is 2. The molecule has 0 aromatic heterocycles. The maximum atomic E-state index is 14.0. The van der Waals surface area contributed by atoms with Crippen molar-refractivity contribution in [2.75, 3.05) is 19.7 Å². The van der Waals surface area contributed by atoms with Crippen LogP contribution in [0.4, 0.5) is 0 Å². The summed E-state index contributed by atoms with van der Waals surface area (Å²) in [5.41, 5.74) is 8.09. The second-order valence-corrected chi connectivity index (χ2v) is 13.2. The lowest BCUT2D eigenvalue weighted by atomic mass is 9.69. The predicted molar refractivity (Wildman–Crippen MR) is 169 cm³/mol. The highest BCUT2D eigenvalue weighted by Gasteiger charge is 2.58. The summed E-state index contributed by atoms with van der Waals surface area (Å²) in [4.78, 5) is 31.9. The Morgan fingerprint density at radius 2 is 1.72 bits per heavy atom. The van der Waals surface area contributed by atoms with Gasteiger partial charge in [-0.15, -0.1) is 0 Å². The lowest BCUT2D eigenvalue weighted by molar-refractivity contribution is -0.144. The van der Waals surface area contributed by atoms with Crippen LogP contribution < -0.4 is 0 Å². The Morgan fingerprint density at radius 3 is 2.40 bits per heavy atom. The van der Waals surface area contributed by atoms with Gasteiger partial charge in [0, 0.05) is 31.6 Å². The summed E-state index contributed by atoms with van der Waals surface area (Å²) in [5.74, 6) is -0.0177. The van der Waals surface area contributed by atoms with Crippen LogP contribution in [0, 0.1) is 31.6 Å². The van der Waals surface area contributed by atoms with E-state index in [1.807, 2.05) is 32.0 Å². The van der Waals surface area contributed by atoms with Gasteiger partial charge < -0.3 is 9.84 Å². The molecule has 0 unspecified atom stereocenters. The van der Waals surface area contributed by atoms with E-state index in [1.165, 1.54) is 22.3 Å². The van der Waals surface area contributed by atoms with Crippen LogP contribution in [0.25, 0.3) is 6.08 Å². The first-order valence-corrected chi connectivity index (χ1v) is 16.2. The standard InChI is InChI=1S/C37H46N2O4/c1-5-28-20-30-34(37(42)39(36(30)41)29-13-15-38(16-14-29)21-26-9-7-6-8-10-26)31-22-43-32(33(28)31)12-11-23(2)17-27-18-24(3)35(40)25(4)19-27/h6-10,17-19,29-32,34,40H,5,11-16,20-22H2,1-4H3/b23-17+/t30-,31+,32-,34-/m1/s1. The van der Waals surface area contributed by atoms with Crippen molar-refractivity contribution in [1.29, 1.82) is 0 Å². The molecule has 43 heavy (non-hydrogen) atoms. The van der Waals surface area contributed by atoms with Crippen LogP contribution in [0.3, 0.4) is 0 Å². The van der Waals surface area contributed by atoms with E-state index in [0.29, 0.717) is 18.8 Å². The van der Waals surface area contributed by atoms with Crippen molar-refractivity contribution in [2.24, 2.45) is 17.8 Å². The maximum Gasteiger partial charge on any atom is 0.234 e. The first-order chi connectivity index (χ1) is 20.7. The Morgan fingerprint density at radius 1 is 1.02 bits per heavy atom. The number of phenols is 1. The van der Waals surface area contributed by atoms with E-state index in [4.69, 9.17) is 4.74 Å². The Balaban J connectivity index is 1.11. The molecule has 4 atom stereocenters. The molecule has 2 amide bonds. The highest BCUT2D eigenvalue weighted by atomic mass is 16.5. The molecule has 6 rings (SSSR count). The number of aromatic hydroxyl groups is 1. The van der Waals surface area contributed by atoms with Crippen molar-refractivity contribution >= 4 is 17.9 Å². The van der Waals surface area contributed by atoms with Crippen molar-refractivity contribution in [3.05, 3.63) is 81.4 Å². The molecule has 1 aliphatic carbocycles. The summed E-state index contributed by atoms with van der Waals surface area (Å²) in [6.45, 7) is 11.4. The summed E-state index contributed by atoms with van der Waals surface area (Å²) >= 11 is 0. The molecule has 0 bridgehead atoms. The zero-order chi connectivity index (χ0) is 30.2. The van der Waals surface area contributed by atoms with E-state index in [2.05, 4.69) is 49.1 Å². The van der Waals surface area contributed by atoms with E-state index >= 15 is 0 Å². The van der Waals surface area contributed by atoms with Crippen LogP contribution in [0.5, 0.6) is 5.75 Å². The van der Waals surface area contributed by atoms with Crippen LogP contribution in [-0.2, 0) is 20.9 Å². The Bertz CT molecular complexity index is 1410. The third kappa shape index (κ3) is 5.84. The van der Waals surface area contributed by atoms with E-state index < -0.39 is 0 Å². The maximum absolute atomic E-state index is 14.0. The second kappa shape index (κ2) is 12.4. The molecule has 1 N–H and O–H groups in total. The van der Waals surface area contributed by atoms with Gasteiger partial charge in [-0.1, -0.05) is 54.5 Å². The predicted octanol–water partition coefficient (Wildman–Crippen LogP) is 6.58. The van der Waals surface area contributed by atoms with Crippen LogP contribution in [-0.4, -0.2) is 58.6 Å². The van der Waals surface area contributed by atoms with Gasteiger partial charge in [0.05, 0.1) is 24.5 Å². The SMILES string of the molecule is CCC1=C2[C@@H](CC/C(C)=C/c3cc(C)c(O)c(C)c3)OC[C@@H]2[C@@H]2C(=O)N(C3CCN(Cc4ccccc4)CC3)C(=O)[C@@H]2C1. The van der Waals surface area contributed by atoms with Crippen LogP contribution in [0.2, 0.25) is 0 Å². The van der Waals surface area contributed by atoms with Crippen molar-refractivity contribution < 1.29 is 19.4 Å². The van der Waals surface area contributed by atoms with Crippen molar-refractivity contribution in [3.8, 4) is 5.75 Å². The Kier molecular flexibility index (Phi) is 8.61. The van der Waals surface area contributed by atoms with Crippen molar-refractivity contribution in [2.45, 2.75) is 84.9 Å². The number of imide groups is 1. The number of nitrogens with zero attached hydrogens (tertiary/aromatic N) is 2. The third-order valence-corrected chi connectivity index (χ3v) is 10.4. The first kappa shape index (κ1) is 29.8. The lowest BCUT2D eigenvalue weighted by Gasteiger charge is -2.36. The monoisotopic (exact) mass is 582 g/mol. The molecule has 3 fully saturated rings. The van der Waals surface area contributed by atoms with E-state index in [0.717, 1.165) is 68.4 Å². The average Bonchev–Trinajstić information content (AvgIpc) is 3.53. The number of likely N-dealkylation sites (tertiary alicyclic amines) is 2. The number of ether oxygens (including phenoxy) is 1. The molecule has 0 saturated carbocycles. The van der Waals surface area contributed by atoms with Gasteiger partial charge in [0.1, 0.15) is 5.75 Å². The minimum atomic E-state index is -0.273. The summed E-state index contributed by atoms with van der Waals surface area (Å²) < 4.78 is 6.42. The van der Waals surface area contributed by atoms with Gasteiger partial charge in [0.2, 0.25) is 11.8 Å². The van der Waals surface area contributed by atoms with Gasteiger partial charge in [-0.25, -0.2) is 0 Å². The number of fused-ring (bicyclic) bond motifs is 3. The molecule has 0 spiro atoms. The van der Waals surface area contributed by atoms with E-state index in [1.54, 1.807) is 4.90 Å². The number of amides is 2. The molecule has 3 heterocycles. The molecule has 2 aromatic rings. The average molecular weight is 583 g/mol. The number of carbonyl (C=O) groups excluding carboxylic acids is 2. The minimum Gasteiger partial charge on any atom is -0.507 e. The molecule has 0 radical (unpaired) electrons. The molecule has 228 valence electrons. The van der Waals surface area contributed by atoms with Crippen LogP contribution in [0.15, 0.2) is 59.2 Å². The number of benzene rings is 2. The number of allylic oxidation sites excluding steroid dienone is 2. The third-order valence-electron chi connectivity index (χ3n) is 10.4. The molecule has 6 nitrogen and oxygen atoms in total. The summed E-state index contributed by atoms with van der Waals surface area (Å²) in [5, 5.41) is 10.1. The van der Waals surface area contributed by atoms with E-state index in [9.17, 15) is 14.7 Å². The number of hydrogen-bond donors (Lipinski definition) is 1. The molecule has 6 heteroatoms. The fraction of sp³-hybridized carbons (Fsp3) is 0.514. The topological polar surface area (TPSA) is 70.1 Å². The summed E-state index contributed by atoms with van der Waals surface area (Å²) in [7, 11) is 0. The largest absolute Gasteiger partial charge is 0.507 e. The molecule has 3 saturated heterocycles. The summed E-state index contributed by atoms with van der Waals surface area (Å²) in [6, 6.07) is 14.6. The first-order valence-electron chi connectivity index (χ1n) is 16.2. The molecular formula is C37H46N2O4. The van der Waals surface area contributed by atoms with Crippen LogP contribution in [0.1, 0.15) is 74.6 Å². The fourth-order valence-electron chi connectivity index (χ4n) is 8.16. The lowest BCUT2D eigenvalue weighted by Crippen LogP contribution is -2.47. The molecular weight excluding hydrogens is 536 g/mol. The normalized spacial score (nSPS) is 26.8. The minimum absolute atomic E-state index is 0.00391. The van der Waals surface area contributed by atoms with Gasteiger partial charge in [-0.3, -0.25) is 19.4 Å². The Labute approximate surface area is 256 Å². The van der Waals surface area contributed by atoms with Crippen molar-refractivity contribution in [1.82, 2.24) is 9.80 Å².